The molecule has 21 heavy (non-hydrogen) atoms. The van der Waals surface area contributed by atoms with Crippen LogP contribution in [0, 0.1) is 17.7 Å². The van der Waals surface area contributed by atoms with Gasteiger partial charge in [-0.3, -0.25) is 0 Å². The number of halogens is 1. The van der Waals surface area contributed by atoms with Crippen molar-refractivity contribution in [3.05, 3.63) is 59.4 Å². The van der Waals surface area contributed by atoms with Gasteiger partial charge in [-0.2, -0.15) is 0 Å². The molecule has 0 saturated carbocycles. The van der Waals surface area contributed by atoms with Crippen molar-refractivity contribution in [2.75, 3.05) is 13.7 Å². The van der Waals surface area contributed by atoms with Crippen LogP contribution in [0.1, 0.15) is 11.1 Å². The Bertz CT molecular complexity index is 657. The molecular formula is C17H16FNO2. The third kappa shape index (κ3) is 4.23. The molecule has 2 rings (SSSR count). The van der Waals surface area contributed by atoms with Gasteiger partial charge in [0.25, 0.3) is 0 Å². The van der Waals surface area contributed by atoms with Crippen molar-refractivity contribution in [1.82, 2.24) is 0 Å². The second kappa shape index (κ2) is 7.32. The topological polar surface area (TPSA) is 44.5 Å². The molecule has 0 amide bonds. The molecule has 0 unspecified atom stereocenters. The van der Waals surface area contributed by atoms with Crippen LogP contribution >= 0.6 is 0 Å². The van der Waals surface area contributed by atoms with E-state index in [-0.39, 0.29) is 19.0 Å². The predicted octanol–water partition coefficient (Wildman–Crippen LogP) is 2.72. The van der Waals surface area contributed by atoms with Crippen LogP contribution in [0.4, 0.5) is 4.39 Å². The first kappa shape index (κ1) is 14.9. The largest absolute Gasteiger partial charge is 0.497 e. The summed E-state index contributed by atoms with van der Waals surface area (Å²) < 4.78 is 24.5. The van der Waals surface area contributed by atoms with Gasteiger partial charge in [-0.25, -0.2) is 4.39 Å². The second-order valence-electron chi connectivity index (χ2n) is 4.28. The zero-order valence-corrected chi connectivity index (χ0v) is 11.7. The van der Waals surface area contributed by atoms with Gasteiger partial charge in [0, 0.05) is 11.1 Å². The first-order chi connectivity index (χ1) is 10.2. The molecule has 0 saturated heterocycles. The van der Waals surface area contributed by atoms with Crippen molar-refractivity contribution in [3.63, 3.8) is 0 Å². The molecule has 3 nitrogen and oxygen atoms in total. The number of methoxy groups -OCH3 is 1. The molecule has 0 aliphatic rings. The maximum Gasteiger partial charge on any atom is 0.131 e. The van der Waals surface area contributed by atoms with Gasteiger partial charge in [0.05, 0.1) is 13.7 Å². The molecular weight excluding hydrogens is 269 g/mol. The molecule has 0 bridgehead atoms. The zero-order chi connectivity index (χ0) is 15.1. The molecule has 0 spiro atoms. The molecule has 108 valence electrons. The van der Waals surface area contributed by atoms with Crippen molar-refractivity contribution < 1.29 is 13.9 Å². The number of rotatable bonds is 4. The molecule has 2 N–H and O–H groups in total. The number of nitrogens with two attached hydrogens (primary N) is 1. The molecule has 0 radical (unpaired) electrons. The Morgan fingerprint density at radius 1 is 1.10 bits per heavy atom. The lowest BCUT2D eigenvalue weighted by Gasteiger charge is -2.08. The minimum Gasteiger partial charge on any atom is -0.497 e. The molecule has 2 aromatic rings. The van der Waals surface area contributed by atoms with Gasteiger partial charge in [0.1, 0.15) is 23.9 Å². The Balaban J connectivity index is 2.02. The molecule has 0 aliphatic heterocycles. The highest BCUT2D eigenvalue weighted by Gasteiger charge is 2.04. The zero-order valence-electron chi connectivity index (χ0n) is 11.7. The average molecular weight is 285 g/mol. The van der Waals surface area contributed by atoms with E-state index < -0.39 is 0 Å². The fraction of sp³-hybridized carbons (Fsp3) is 0.176. The van der Waals surface area contributed by atoms with Gasteiger partial charge < -0.3 is 15.2 Å². The molecule has 0 atom stereocenters. The summed E-state index contributed by atoms with van der Waals surface area (Å²) in [6, 6.07) is 11.9. The maximum atomic E-state index is 13.9. The predicted molar refractivity (Wildman–Crippen MR) is 79.7 cm³/mol. The van der Waals surface area contributed by atoms with E-state index in [0.29, 0.717) is 16.9 Å². The van der Waals surface area contributed by atoms with Gasteiger partial charge in [-0.05, 0) is 36.4 Å². The van der Waals surface area contributed by atoms with Crippen LogP contribution in [0.25, 0.3) is 0 Å². The lowest BCUT2D eigenvalue weighted by Crippen LogP contribution is -1.99. The third-order valence-corrected chi connectivity index (χ3v) is 2.84. The van der Waals surface area contributed by atoms with E-state index in [9.17, 15) is 4.39 Å². The van der Waals surface area contributed by atoms with Crippen molar-refractivity contribution in [3.8, 4) is 23.3 Å². The van der Waals surface area contributed by atoms with Crippen LogP contribution in [-0.4, -0.2) is 13.7 Å². The summed E-state index contributed by atoms with van der Waals surface area (Å²) in [5.74, 6) is 6.54. The summed E-state index contributed by atoms with van der Waals surface area (Å²) in [4.78, 5) is 0. The average Bonchev–Trinajstić information content (AvgIpc) is 2.52. The maximum absolute atomic E-state index is 13.9. The molecule has 2 aromatic carbocycles. The monoisotopic (exact) mass is 285 g/mol. The summed E-state index contributed by atoms with van der Waals surface area (Å²) in [5.41, 5.74) is 6.36. The van der Waals surface area contributed by atoms with Crippen molar-refractivity contribution in [1.29, 1.82) is 0 Å². The van der Waals surface area contributed by atoms with Crippen LogP contribution < -0.4 is 15.2 Å². The van der Waals surface area contributed by atoms with Gasteiger partial charge in [-0.15, -0.1) is 0 Å². The third-order valence-electron chi connectivity index (χ3n) is 2.84. The van der Waals surface area contributed by atoms with Crippen molar-refractivity contribution >= 4 is 0 Å². The fourth-order valence-corrected chi connectivity index (χ4v) is 1.73. The van der Waals surface area contributed by atoms with Crippen LogP contribution in [0.3, 0.4) is 0 Å². The Kier molecular flexibility index (Phi) is 5.19. The van der Waals surface area contributed by atoms with E-state index in [1.54, 1.807) is 43.5 Å². The van der Waals surface area contributed by atoms with E-state index >= 15 is 0 Å². The molecule has 4 heteroatoms. The SMILES string of the molecule is COc1ccc(OCc2ccc(C#CCN)cc2F)cc1. The molecule has 0 aliphatic carbocycles. The van der Waals surface area contributed by atoms with Gasteiger partial charge in [0.2, 0.25) is 0 Å². The van der Waals surface area contributed by atoms with Crippen LogP contribution in [0.15, 0.2) is 42.5 Å². The summed E-state index contributed by atoms with van der Waals surface area (Å²) in [6.45, 7) is 0.409. The summed E-state index contributed by atoms with van der Waals surface area (Å²) in [6.07, 6.45) is 0. The standard InChI is InChI=1S/C17H16FNO2/c1-20-15-6-8-16(9-7-15)21-12-14-5-4-13(3-2-10-19)11-17(14)18/h4-9,11H,10,12,19H2,1H3. The van der Waals surface area contributed by atoms with E-state index in [0.717, 1.165) is 5.75 Å². The quantitative estimate of drug-likeness (QED) is 0.878. The van der Waals surface area contributed by atoms with Gasteiger partial charge in [-0.1, -0.05) is 17.9 Å². The Morgan fingerprint density at radius 2 is 1.81 bits per heavy atom. The van der Waals surface area contributed by atoms with Crippen LogP contribution in [-0.2, 0) is 6.61 Å². The van der Waals surface area contributed by atoms with Crippen molar-refractivity contribution in [2.45, 2.75) is 6.61 Å². The smallest absolute Gasteiger partial charge is 0.131 e. The first-order valence-electron chi connectivity index (χ1n) is 6.47. The summed E-state index contributed by atoms with van der Waals surface area (Å²) in [5, 5.41) is 0. The highest BCUT2D eigenvalue weighted by atomic mass is 19.1. The lowest BCUT2D eigenvalue weighted by molar-refractivity contribution is 0.299. The summed E-state index contributed by atoms with van der Waals surface area (Å²) >= 11 is 0. The molecule has 0 heterocycles. The Hall–Kier alpha value is -2.51. The second-order valence-corrected chi connectivity index (χ2v) is 4.28. The Labute approximate surface area is 123 Å². The highest BCUT2D eigenvalue weighted by Crippen LogP contribution is 2.19. The van der Waals surface area contributed by atoms with E-state index in [1.807, 2.05) is 0 Å². The number of benzene rings is 2. The minimum atomic E-state index is -0.340. The van der Waals surface area contributed by atoms with Crippen LogP contribution in [0.5, 0.6) is 11.5 Å². The summed E-state index contributed by atoms with van der Waals surface area (Å²) in [7, 11) is 1.60. The number of ether oxygens (including phenoxy) is 2. The molecule has 0 fully saturated rings. The van der Waals surface area contributed by atoms with Gasteiger partial charge >= 0.3 is 0 Å². The van der Waals surface area contributed by atoms with E-state index in [2.05, 4.69) is 11.8 Å². The first-order valence-corrected chi connectivity index (χ1v) is 6.47. The fourth-order valence-electron chi connectivity index (χ4n) is 1.73. The van der Waals surface area contributed by atoms with Gasteiger partial charge in [0.15, 0.2) is 0 Å². The lowest BCUT2D eigenvalue weighted by atomic mass is 10.1. The number of hydrogen-bond donors (Lipinski definition) is 1. The van der Waals surface area contributed by atoms with Crippen molar-refractivity contribution in [2.24, 2.45) is 5.73 Å². The van der Waals surface area contributed by atoms with E-state index in [1.165, 1.54) is 6.07 Å². The minimum absolute atomic E-state index is 0.156. The normalized spacial score (nSPS) is 9.67. The number of hydrogen-bond acceptors (Lipinski definition) is 3. The van der Waals surface area contributed by atoms with E-state index in [4.69, 9.17) is 15.2 Å². The Morgan fingerprint density at radius 3 is 2.43 bits per heavy atom. The molecule has 0 aromatic heterocycles. The van der Waals surface area contributed by atoms with Crippen LogP contribution in [0.2, 0.25) is 0 Å². The highest BCUT2D eigenvalue weighted by molar-refractivity contribution is 5.37.